The highest BCUT2D eigenvalue weighted by Gasteiger charge is 2.53. The largest absolute Gasteiger partial charge is 0.277 e. The molecular formula is C8H14N2. The van der Waals surface area contributed by atoms with Crippen LogP contribution in [0.15, 0.2) is 0 Å². The average Bonchev–Trinajstić information content (AvgIpc) is 2.43. The van der Waals surface area contributed by atoms with Crippen molar-refractivity contribution in [3.63, 3.8) is 0 Å². The van der Waals surface area contributed by atoms with Gasteiger partial charge < -0.3 is 0 Å². The first kappa shape index (κ1) is 7.56. The number of hydrogen-bond donors (Lipinski definition) is 0. The van der Waals surface area contributed by atoms with E-state index < -0.39 is 0 Å². The van der Waals surface area contributed by atoms with E-state index in [1.165, 1.54) is 0 Å². The Bertz CT molecular complexity index is 184. The second-order valence-electron chi connectivity index (χ2n) is 4.14. The minimum atomic E-state index is -0.168. The van der Waals surface area contributed by atoms with Crippen molar-refractivity contribution in [3.8, 4) is 6.07 Å². The van der Waals surface area contributed by atoms with Crippen LogP contribution in [0.5, 0.6) is 0 Å². The lowest BCUT2D eigenvalue weighted by Gasteiger charge is -2.22. The first-order valence-electron chi connectivity index (χ1n) is 3.59. The quantitative estimate of drug-likeness (QED) is 0.473. The van der Waals surface area contributed by atoms with Gasteiger partial charge in [-0.3, -0.25) is 4.90 Å². The molecule has 56 valence electrons. The van der Waals surface area contributed by atoms with Crippen LogP contribution in [0.2, 0.25) is 0 Å². The van der Waals surface area contributed by atoms with Crippen molar-refractivity contribution in [1.82, 2.24) is 4.90 Å². The van der Waals surface area contributed by atoms with Crippen LogP contribution in [0, 0.1) is 11.3 Å². The van der Waals surface area contributed by atoms with Gasteiger partial charge in [-0.15, -0.1) is 0 Å². The predicted octanol–water partition coefficient (Wildman–Crippen LogP) is 1.38. The third-order valence-corrected chi connectivity index (χ3v) is 2.01. The second-order valence-corrected chi connectivity index (χ2v) is 4.14. The van der Waals surface area contributed by atoms with Crippen molar-refractivity contribution >= 4 is 0 Å². The van der Waals surface area contributed by atoms with Gasteiger partial charge in [0.2, 0.25) is 0 Å². The SMILES string of the molecule is CC(C)(C)N1CC1(C)C#N. The molecular weight excluding hydrogens is 124 g/mol. The van der Waals surface area contributed by atoms with Crippen LogP contribution in [-0.2, 0) is 0 Å². The molecule has 0 aromatic rings. The van der Waals surface area contributed by atoms with Crippen molar-refractivity contribution in [3.05, 3.63) is 0 Å². The summed E-state index contributed by atoms with van der Waals surface area (Å²) in [5, 5.41) is 8.71. The Balaban J connectivity index is 2.63. The first-order valence-corrected chi connectivity index (χ1v) is 3.59. The predicted molar refractivity (Wildman–Crippen MR) is 40.5 cm³/mol. The molecule has 1 aliphatic rings. The Kier molecular flexibility index (Phi) is 1.31. The highest BCUT2D eigenvalue weighted by molar-refractivity contribution is 5.21. The van der Waals surface area contributed by atoms with Crippen LogP contribution in [-0.4, -0.2) is 22.5 Å². The van der Waals surface area contributed by atoms with Crippen LogP contribution in [0.4, 0.5) is 0 Å². The molecule has 10 heavy (non-hydrogen) atoms. The van der Waals surface area contributed by atoms with Crippen molar-refractivity contribution < 1.29 is 0 Å². The van der Waals surface area contributed by atoms with Gasteiger partial charge in [-0.05, 0) is 27.7 Å². The van der Waals surface area contributed by atoms with Gasteiger partial charge in [-0.25, -0.2) is 0 Å². The molecule has 0 aromatic carbocycles. The van der Waals surface area contributed by atoms with Gasteiger partial charge in [0.1, 0.15) is 5.54 Å². The Labute approximate surface area is 62.4 Å². The zero-order valence-corrected chi connectivity index (χ0v) is 7.10. The maximum atomic E-state index is 8.71. The normalized spacial score (nSPS) is 38.9. The summed E-state index contributed by atoms with van der Waals surface area (Å²) >= 11 is 0. The summed E-state index contributed by atoms with van der Waals surface area (Å²) in [5.41, 5.74) is -0.0112. The Hall–Kier alpha value is -0.550. The van der Waals surface area contributed by atoms with Gasteiger partial charge in [0.05, 0.1) is 6.07 Å². The van der Waals surface area contributed by atoms with E-state index in [1.54, 1.807) is 0 Å². The van der Waals surface area contributed by atoms with E-state index in [0.29, 0.717) is 0 Å². The third-order valence-electron chi connectivity index (χ3n) is 2.01. The van der Waals surface area contributed by atoms with Crippen molar-refractivity contribution in [2.75, 3.05) is 6.54 Å². The molecule has 1 saturated heterocycles. The monoisotopic (exact) mass is 138 g/mol. The highest BCUT2D eigenvalue weighted by atomic mass is 15.4. The number of nitriles is 1. The molecule has 0 aromatic heterocycles. The number of rotatable bonds is 0. The highest BCUT2D eigenvalue weighted by Crippen LogP contribution is 2.38. The molecule has 1 rings (SSSR count). The molecule has 0 saturated carbocycles. The summed E-state index contributed by atoms with van der Waals surface area (Å²) < 4.78 is 0. The fourth-order valence-corrected chi connectivity index (χ4v) is 1.35. The van der Waals surface area contributed by atoms with Gasteiger partial charge >= 0.3 is 0 Å². The summed E-state index contributed by atoms with van der Waals surface area (Å²) in [6.45, 7) is 9.31. The molecule has 0 bridgehead atoms. The zero-order valence-electron chi connectivity index (χ0n) is 7.10. The summed E-state index contributed by atoms with van der Waals surface area (Å²) in [5.74, 6) is 0. The van der Waals surface area contributed by atoms with Crippen LogP contribution >= 0.6 is 0 Å². The maximum absolute atomic E-state index is 8.71. The van der Waals surface area contributed by atoms with E-state index in [2.05, 4.69) is 31.7 Å². The van der Waals surface area contributed by atoms with Crippen molar-refractivity contribution in [2.45, 2.75) is 38.8 Å². The van der Waals surface area contributed by atoms with E-state index in [-0.39, 0.29) is 11.1 Å². The van der Waals surface area contributed by atoms with Crippen LogP contribution < -0.4 is 0 Å². The average molecular weight is 138 g/mol. The summed E-state index contributed by atoms with van der Waals surface area (Å²) in [6, 6.07) is 2.30. The molecule has 2 nitrogen and oxygen atoms in total. The van der Waals surface area contributed by atoms with Crippen LogP contribution in [0.25, 0.3) is 0 Å². The molecule has 0 spiro atoms. The van der Waals surface area contributed by atoms with Gasteiger partial charge in [-0.1, -0.05) is 0 Å². The number of hydrogen-bond acceptors (Lipinski definition) is 2. The van der Waals surface area contributed by atoms with Gasteiger partial charge in [0, 0.05) is 12.1 Å². The molecule has 1 fully saturated rings. The molecule has 2 unspecified atom stereocenters. The Morgan fingerprint density at radius 3 is 2.10 bits per heavy atom. The summed E-state index contributed by atoms with van der Waals surface area (Å²) in [6.07, 6.45) is 0. The molecule has 1 heterocycles. The Morgan fingerprint density at radius 1 is 1.50 bits per heavy atom. The first-order chi connectivity index (χ1) is 4.40. The lowest BCUT2D eigenvalue weighted by molar-refractivity contribution is 0.271. The van der Waals surface area contributed by atoms with E-state index in [1.807, 2.05) is 6.92 Å². The van der Waals surface area contributed by atoms with Gasteiger partial charge in [0.15, 0.2) is 0 Å². The minimum Gasteiger partial charge on any atom is -0.277 e. The fourth-order valence-electron chi connectivity index (χ4n) is 1.35. The number of nitrogens with zero attached hydrogens (tertiary/aromatic N) is 2. The van der Waals surface area contributed by atoms with E-state index in [4.69, 9.17) is 5.26 Å². The molecule has 2 heteroatoms. The zero-order chi connectivity index (χ0) is 7.99. The van der Waals surface area contributed by atoms with E-state index >= 15 is 0 Å². The fraction of sp³-hybridized carbons (Fsp3) is 0.875. The van der Waals surface area contributed by atoms with Crippen LogP contribution in [0.1, 0.15) is 27.7 Å². The van der Waals surface area contributed by atoms with Crippen LogP contribution in [0.3, 0.4) is 0 Å². The molecule has 0 amide bonds. The topological polar surface area (TPSA) is 26.8 Å². The summed E-state index contributed by atoms with van der Waals surface area (Å²) in [7, 11) is 0. The van der Waals surface area contributed by atoms with Gasteiger partial charge in [0.25, 0.3) is 0 Å². The molecule has 0 radical (unpaired) electrons. The maximum Gasteiger partial charge on any atom is 0.119 e. The third kappa shape index (κ3) is 1.02. The molecule has 0 aliphatic carbocycles. The standard InChI is InChI=1S/C8H14N2/c1-7(2,3)10-6-8(10,4)5-9/h6H2,1-4H3. The lowest BCUT2D eigenvalue weighted by atomic mass is 10.1. The molecule has 2 atom stereocenters. The summed E-state index contributed by atoms with van der Waals surface area (Å²) in [4.78, 5) is 2.19. The van der Waals surface area contributed by atoms with Crippen molar-refractivity contribution in [2.24, 2.45) is 0 Å². The smallest absolute Gasteiger partial charge is 0.119 e. The van der Waals surface area contributed by atoms with E-state index in [9.17, 15) is 0 Å². The van der Waals surface area contributed by atoms with E-state index in [0.717, 1.165) is 6.54 Å². The van der Waals surface area contributed by atoms with Crippen molar-refractivity contribution in [1.29, 1.82) is 5.26 Å². The lowest BCUT2D eigenvalue weighted by Crippen LogP contribution is -2.30. The Morgan fingerprint density at radius 2 is 2.00 bits per heavy atom. The molecule has 0 N–H and O–H groups in total. The van der Waals surface area contributed by atoms with Gasteiger partial charge in [-0.2, -0.15) is 5.26 Å². The minimum absolute atomic E-state index is 0.157. The molecule has 1 aliphatic heterocycles. The second kappa shape index (κ2) is 1.73.